The van der Waals surface area contributed by atoms with Gasteiger partial charge in [0.25, 0.3) is 11.8 Å². The first kappa shape index (κ1) is 27.0. The van der Waals surface area contributed by atoms with E-state index in [-0.39, 0.29) is 39.8 Å². The van der Waals surface area contributed by atoms with Gasteiger partial charge in [-0.1, -0.05) is 6.92 Å². The number of rotatable bonds is 8. The van der Waals surface area contributed by atoms with Gasteiger partial charge in [-0.25, -0.2) is 4.98 Å². The van der Waals surface area contributed by atoms with E-state index >= 15 is 0 Å². The second kappa shape index (κ2) is 11.1. The maximum atomic E-state index is 13.1. The third-order valence-corrected chi connectivity index (χ3v) is 6.11. The number of hydrogen-bond donors (Lipinski definition) is 4. The number of nitrogens with one attached hydrogen (secondary N) is 3. The number of amides is 3. The van der Waals surface area contributed by atoms with Crippen LogP contribution < -0.4 is 15.4 Å². The van der Waals surface area contributed by atoms with Gasteiger partial charge in [0, 0.05) is 19.1 Å². The number of carbonyl (C=O) groups excluding carboxylic acids is 3. The number of anilines is 1. The normalized spacial score (nSPS) is 14.5. The van der Waals surface area contributed by atoms with Gasteiger partial charge < -0.3 is 34.8 Å². The fourth-order valence-electron chi connectivity index (χ4n) is 4.19. The molecule has 204 valence electrons. The number of nitrogens with zero attached hydrogens (tertiary/aromatic N) is 2. The molecular weight excluding hydrogens is 511 g/mol. The van der Waals surface area contributed by atoms with Crippen molar-refractivity contribution in [2.75, 3.05) is 31.6 Å². The maximum absolute atomic E-state index is 13.1. The Morgan fingerprint density at radius 3 is 2.61 bits per heavy atom. The molecule has 1 saturated heterocycles. The highest BCUT2D eigenvalue weighted by Gasteiger charge is 2.32. The molecule has 0 spiro atoms. The third kappa shape index (κ3) is 6.07. The summed E-state index contributed by atoms with van der Waals surface area (Å²) in [4.78, 5) is 46.0. The van der Waals surface area contributed by atoms with Crippen LogP contribution in [0.1, 0.15) is 46.3 Å². The van der Waals surface area contributed by atoms with Gasteiger partial charge in [-0.05, 0) is 31.4 Å². The number of carbonyl (C=O) groups is 3. The van der Waals surface area contributed by atoms with Crippen LogP contribution in [0.25, 0.3) is 11.0 Å². The Kier molecular flexibility index (Phi) is 7.90. The van der Waals surface area contributed by atoms with Gasteiger partial charge >= 0.3 is 6.18 Å². The highest BCUT2D eigenvalue weighted by Crippen LogP contribution is 2.34. The maximum Gasteiger partial charge on any atom is 0.422 e. The topological polar surface area (TPSA) is 150 Å². The average molecular weight is 537 g/mol. The van der Waals surface area contributed by atoms with Crippen molar-refractivity contribution in [1.82, 2.24) is 20.2 Å². The molecule has 3 amide bonds. The molecule has 4 heterocycles. The molecule has 0 aliphatic carbocycles. The molecule has 0 saturated carbocycles. The number of aliphatic hydroxyl groups is 1. The van der Waals surface area contributed by atoms with E-state index in [4.69, 9.17) is 14.3 Å². The van der Waals surface area contributed by atoms with E-state index < -0.39 is 37.1 Å². The summed E-state index contributed by atoms with van der Waals surface area (Å²) in [7, 11) is 0. The smallest absolute Gasteiger partial charge is 0.422 e. The SMILES string of the molecule is CCc1nc2[nH]c(C(=O)NC3CCN(C(=O)CO)CC3)c(OCC(F)(F)F)c2cc1NC(=O)c1ccoc1. The summed E-state index contributed by atoms with van der Waals surface area (Å²) in [5.41, 5.74) is 0.794. The standard InChI is InChI=1S/C24H26F3N5O6/c1-2-16-17(30-22(35)13-5-8-37-11-13)9-15-20(38-12-24(25,26)27)19(31-21(15)29-16)23(36)28-14-3-6-32(7-4-14)18(34)10-33/h5,8-9,11,14,33H,2-4,6-7,10,12H2,1H3,(H,28,36)(H,29,31)(H,30,35). The van der Waals surface area contributed by atoms with Crippen molar-refractivity contribution in [1.29, 1.82) is 0 Å². The van der Waals surface area contributed by atoms with Crippen LogP contribution in [0.5, 0.6) is 5.75 Å². The number of furan rings is 1. The van der Waals surface area contributed by atoms with Gasteiger partial charge in [0.1, 0.15) is 24.2 Å². The molecule has 38 heavy (non-hydrogen) atoms. The molecule has 1 fully saturated rings. The Labute approximate surface area is 214 Å². The van der Waals surface area contributed by atoms with E-state index in [0.717, 1.165) is 0 Å². The fourth-order valence-corrected chi connectivity index (χ4v) is 4.19. The Morgan fingerprint density at radius 1 is 1.26 bits per heavy atom. The van der Waals surface area contributed by atoms with Crippen LogP contribution in [0, 0.1) is 0 Å². The van der Waals surface area contributed by atoms with Gasteiger partial charge in [0.05, 0.1) is 28.6 Å². The summed E-state index contributed by atoms with van der Waals surface area (Å²) in [6.45, 7) is 0.163. The minimum atomic E-state index is -4.67. The molecule has 11 nitrogen and oxygen atoms in total. The van der Waals surface area contributed by atoms with E-state index in [0.29, 0.717) is 38.0 Å². The third-order valence-electron chi connectivity index (χ3n) is 6.11. The van der Waals surface area contributed by atoms with Crippen molar-refractivity contribution in [3.8, 4) is 5.75 Å². The zero-order valence-electron chi connectivity index (χ0n) is 20.4. The monoisotopic (exact) mass is 537 g/mol. The number of ether oxygens (including phenoxy) is 1. The van der Waals surface area contributed by atoms with Crippen molar-refractivity contribution < 1.29 is 41.8 Å². The molecule has 4 N–H and O–H groups in total. The van der Waals surface area contributed by atoms with Gasteiger partial charge in [0.2, 0.25) is 5.91 Å². The zero-order chi connectivity index (χ0) is 27.4. The predicted octanol–water partition coefficient (Wildman–Crippen LogP) is 2.62. The fraction of sp³-hybridized carbons (Fsp3) is 0.417. The van der Waals surface area contributed by atoms with E-state index in [1.165, 1.54) is 29.6 Å². The second-order valence-corrected chi connectivity index (χ2v) is 8.72. The lowest BCUT2D eigenvalue weighted by molar-refractivity contribution is -0.153. The number of aromatic nitrogens is 2. The quantitative estimate of drug-likeness (QED) is 0.345. The molecule has 14 heteroatoms. The number of pyridine rings is 1. The summed E-state index contributed by atoms with van der Waals surface area (Å²) in [6.07, 6.45) is -0.920. The Bertz CT molecular complexity index is 1310. The van der Waals surface area contributed by atoms with Crippen molar-refractivity contribution in [2.24, 2.45) is 0 Å². The number of aliphatic hydroxyl groups excluding tert-OH is 1. The van der Waals surface area contributed by atoms with Gasteiger partial charge in [-0.15, -0.1) is 0 Å². The number of hydrogen-bond acceptors (Lipinski definition) is 7. The van der Waals surface area contributed by atoms with E-state index in [2.05, 4.69) is 20.6 Å². The summed E-state index contributed by atoms with van der Waals surface area (Å²) in [5.74, 6) is -1.97. The summed E-state index contributed by atoms with van der Waals surface area (Å²) < 4.78 is 49.1. The van der Waals surface area contributed by atoms with Crippen LogP contribution in [0.4, 0.5) is 18.9 Å². The van der Waals surface area contributed by atoms with Gasteiger partial charge in [0.15, 0.2) is 12.4 Å². The molecule has 1 aliphatic heterocycles. The van der Waals surface area contributed by atoms with Crippen molar-refractivity contribution in [2.45, 2.75) is 38.4 Å². The lowest BCUT2D eigenvalue weighted by Crippen LogP contribution is -2.47. The largest absolute Gasteiger partial charge is 0.481 e. The van der Waals surface area contributed by atoms with E-state index in [9.17, 15) is 27.6 Å². The number of piperidine rings is 1. The molecule has 0 unspecified atom stereocenters. The van der Waals surface area contributed by atoms with Gasteiger partial charge in [-0.3, -0.25) is 14.4 Å². The van der Waals surface area contributed by atoms with Crippen LogP contribution in [-0.2, 0) is 11.2 Å². The molecule has 0 bridgehead atoms. The Hall–Kier alpha value is -4.07. The van der Waals surface area contributed by atoms with Crippen molar-refractivity contribution in [3.63, 3.8) is 0 Å². The second-order valence-electron chi connectivity index (χ2n) is 8.72. The summed E-state index contributed by atoms with van der Waals surface area (Å²) in [6, 6.07) is 2.52. The highest BCUT2D eigenvalue weighted by atomic mass is 19.4. The number of alkyl halides is 3. The zero-order valence-corrected chi connectivity index (χ0v) is 20.4. The molecule has 3 aromatic heterocycles. The minimum Gasteiger partial charge on any atom is -0.481 e. The number of aryl methyl sites for hydroxylation is 1. The van der Waals surface area contributed by atoms with Crippen LogP contribution in [-0.4, -0.2) is 76.2 Å². The Balaban J connectivity index is 1.63. The molecule has 0 radical (unpaired) electrons. The van der Waals surface area contributed by atoms with E-state index in [1.807, 2.05) is 0 Å². The van der Waals surface area contributed by atoms with Crippen LogP contribution in [0.3, 0.4) is 0 Å². The average Bonchev–Trinajstić information content (AvgIpc) is 3.55. The van der Waals surface area contributed by atoms with Crippen LogP contribution >= 0.6 is 0 Å². The number of aromatic amines is 1. The predicted molar refractivity (Wildman–Crippen MR) is 128 cm³/mol. The highest BCUT2D eigenvalue weighted by molar-refractivity contribution is 6.07. The van der Waals surface area contributed by atoms with E-state index in [1.54, 1.807) is 6.92 Å². The number of likely N-dealkylation sites (tertiary alicyclic amines) is 1. The molecular formula is C24H26F3N5O6. The molecule has 1 aliphatic rings. The molecule has 0 aromatic carbocycles. The summed E-state index contributed by atoms with van der Waals surface area (Å²) in [5, 5.41) is 14.5. The molecule has 3 aromatic rings. The lowest BCUT2D eigenvalue weighted by Gasteiger charge is -2.32. The summed E-state index contributed by atoms with van der Waals surface area (Å²) >= 11 is 0. The number of halogens is 3. The molecule has 4 rings (SSSR count). The Morgan fingerprint density at radius 2 is 2.00 bits per heavy atom. The number of H-pyrrole nitrogens is 1. The van der Waals surface area contributed by atoms with Crippen molar-refractivity contribution in [3.05, 3.63) is 41.6 Å². The van der Waals surface area contributed by atoms with Crippen LogP contribution in [0.2, 0.25) is 0 Å². The first-order valence-electron chi connectivity index (χ1n) is 11.9. The van der Waals surface area contributed by atoms with Crippen LogP contribution in [0.15, 0.2) is 29.1 Å². The first-order valence-corrected chi connectivity index (χ1v) is 11.9. The minimum absolute atomic E-state index is 0.0856. The molecule has 0 atom stereocenters. The van der Waals surface area contributed by atoms with Crippen molar-refractivity contribution >= 4 is 34.4 Å². The van der Waals surface area contributed by atoms with Gasteiger partial charge in [-0.2, -0.15) is 13.2 Å². The number of fused-ring (bicyclic) bond motifs is 1. The first-order chi connectivity index (χ1) is 18.1. The lowest BCUT2D eigenvalue weighted by atomic mass is 10.0.